The molecule has 17 heavy (non-hydrogen) atoms. The molecule has 0 aliphatic carbocycles. The highest BCUT2D eigenvalue weighted by molar-refractivity contribution is 6.12. The molecule has 0 fully saturated rings. The summed E-state index contributed by atoms with van der Waals surface area (Å²) in [5.41, 5.74) is 5.19. The second kappa shape index (κ2) is 5.80. The van der Waals surface area contributed by atoms with E-state index in [1.165, 1.54) is 0 Å². The summed E-state index contributed by atoms with van der Waals surface area (Å²) in [6.07, 6.45) is 5.25. The van der Waals surface area contributed by atoms with Crippen LogP contribution in [-0.4, -0.2) is 17.8 Å². The topological polar surface area (TPSA) is 86.2 Å². The van der Waals surface area contributed by atoms with Crippen LogP contribution in [-0.2, 0) is 4.79 Å². The molecule has 1 heterocycles. The van der Waals surface area contributed by atoms with Gasteiger partial charge < -0.3 is 5.73 Å². The zero-order chi connectivity index (χ0) is 12.9. The molecular weight excluding hydrogens is 218 g/mol. The van der Waals surface area contributed by atoms with Gasteiger partial charge in [-0.25, -0.2) is 15.1 Å². The summed E-state index contributed by atoms with van der Waals surface area (Å²) in [5.74, 6) is 0.0637. The van der Waals surface area contributed by atoms with Crippen LogP contribution < -0.4 is 16.0 Å². The lowest BCUT2D eigenvalue weighted by molar-refractivity contribution is -0.354. The Kier molecular flexibility index (Phi) is 4.66. The summed E-state index contributed by atoms with van der Waals surface area (Å²) in [7, 11) is 0. The van der Waals surface area contributed by atoms with Gasteiger partial charge in [0.15, 0.2) is 0 Å². The molecule has 96 valence electrons. The van der Waals surface area contributed by atoms with Crippen molar-refractivity contribution in [3.05, 3.63) is 0 Å². The Bertz CT molecular complexity index is 329. The van der Waals surface area contributed by atoms with E-state index in [4.69, 9.17) is 5.73 Å². The normalized spacial score (nSPS) is 18.8. The lowest BCUT2D eigenvalue weighted by Crippen LogP contribution is -2.90. The van der Waals surface area contributed by atoms with Crippen LogP contribution in [0.4, 0.5) is 4.79 Å². The molecule has 0 saturated heterocycles. The number of rotatable bonds is 6. The average molecular weight is 240 g/mol. The van der Waals surface area contributed by atoms with Gasteiger partial charge in [-0.1, -0.05) is 39.5 Å². The Balaban J connectivity index is 2.97. The van der Waals surface area contributed by atoms with Gasteiger partial charge in [-0.15, -0.1) is 0 Å². The van der Waals surface area contributed by atoms with E-state index in [0.717, 1.165) is 25.7 Å². The molecule has 5 nitrogen and oxygen atoms in total. The maximum Gasteiger partial charge on any atom is 0.440 e. The van der Waals surface area contributed by atoms with E-state index in [0.29, 0.717) is 18.7 Å². The van der Waals surface area contributed by atoms with Crippen LogP contribution in [0.3, 0.4) is 0 Å². The molecule has 4 N–H and O–H groups in total. The summed E-state index contributed by atoms with van der Waals surface area (Å²) in [5, 5.41) is 2.33. The van der Waals surface area contributed by atoms with Gasteiger partial charge in [0, 0.05) is 0 Å². The summed E-state index contributed by atoms with van der Waals surface area (Å²) < 4.78 is 0. The largest absolute Gasteiger partial charge is 0.440 e. The van der Waals surface area contributed by atoms with Crippen LogP contribution >= 0.6 is 0 Å². The predicted molar refractivity (Wildman–Crippen MR) is 65.2 cm³/mol. The van der Waals surface area contributed by atoms with Crippen molar-refractivity contribution < 1.29 is 14.6 Å². The van der Waals surface area contributed by atoms with Crippen molar-refractivity contribution in [1.29, 1.82) is 0 Å². The van der Waals surface area contributed by atoms with Gasteiger partial charge in [-0.3, -0.25) is 4.79 Å². The van der Waals surface area contributed by atoms with Crippen LogP contribution in [0.25, 0.3) is 0 Å². The number of nitrogens with one attached hydrogen (secondary N) is 2. The summed E-state index contributed by atoms with van der Waals surface area (Å²) in [6, 6.07) is -0.517. The van der Waals surface area contributed by atoms with Crippen molar-refractivity contribution >= 4 is 17.8 Å². The van der Waals surface area contributed by atoms with Crippen LogP contribution in [0.1, 0.15) is 52.4 Å². The quantitative estimate of drug-likeness (QED) is 0.612. The molecule has 0 bridgehead atoms. The van der Waals surface area contributed by atoms with Crippen molar-refractivity contribution in [2.45, 2.75) is 52.4 Å². The molecule has 1 aliphatic rings. The van der Waals surface area contributed by atoms with Crippen LogP contribution in [0.5, 0.6) is 0 Å². The molecule has 1 rings (SSSR count). The minimum atomic E-state index is -0.708. The Morgan fingerprint density at radius 2 is 1.71 bits per heavy atom. The summed E-state index contributed by atoms with van der Waals surface area (Å²) in [6.45, 7) is 4.14. The van der Waals surface area contributed by atoms with Gasteiger partial charge in [0.25, 0.3) is 5.91 Å². The number of carbonyl (C=O) groups excluding carboxylic acids is 2. The number of hydrogen-bond donors (Lipinski definition) is 3. The fourth-order valence-corrected chi connectivity index (χ4v) is 2.20. The highest BCUT2D eigenvalue weighted by Crippen LogP contribution is 2.31. The number of amidine groups is 1. The van der Waals surface area contributed by atoms with Crippen LogP contribution in [0.2, 0.25) is 0 Å². The molecule has 5 heteroatoms. The number of hydrogen-bond acceptors (Lipinski definition) is 3. The monoisotopic (exact) mass is 240 g/mol. The highest BCUT2D eigenvalue weighted by atomic mass is 16.2. The van der Waals surface area contributed by atoms with E-state index in [-0.39, 0.29) is 5.91 Å². The minimum absolute atomic E-state index is 0.249. The van der Waals surface area contributed by atoms with E-state index in [1.54, 1.807) is 0 Å². The van der Waals surface area contributed by atoms with Gasteiger partial charge in [0.1, 0.15) is 5.41 Å². The zero-order valence-corrected chi connectivity index (χ0v) is 10.6. The Morgan fingerprint density at radius 3 is 2.12 bits per heavy atom. The first-order valence-corrected chi connectivity index (χ1v) is 6.32. The lowest BCUT2D eigenvalue weighted by atomic mass is 9.75. The van der Waals surface area contributed by atoms with Crippen LogP contribution in [0, 0.1) is 5.41 Å². The smallest absolute Gasteiger partial charge is 0.321 e. The van der Waals surface area contributed by atoms with E-state index >= 15 is 0 Å². The first kappa shape index (κ1) is 13.7. The number of carbonyl (C=O) groups is 2. The van der Waals surface area contributed by atoms with E-state index in [9.17, 15) is 9.59 Å². The second-order valence-corrected chi connectivity index (χ2v) is 4.61. The number of nitrogens with two attached hydrogens (primary N) is 1. The molecule has 3 amide bonds. The molecule has 0 aromatic rings. The van der Waals surface area contributed by atoms with Crippen molar-refractivity contribution in [3.8, 4) is 0 Å². The molecule has 0 radical (unpaired) electrons. The van der Waals surface area contributed by atoms with Gasteiger partial charge in [0.05, 0.1) is 0 Å². The Morgan fingerprint density at radius 1 is 1.18 bits per heavy atom. The van der Waals surface area contributed by atoms with Crippen LogP contribution in [0.15, 0.2) is 0 Å². The molecule has 0 aromatic heterocycles. The Labute approximate surface area is 102 Å². The molecule has 0 saturated carbocycles. The van der Waals surface area contributed by atoms with E-state index in [1.807, 2.05) is 0 Å². The van der Waals surface area contributed by atoms with E-state index < -0.39 is 11.4 Å². The number of amides is 3. The maximum atomic E-state index is 12.1. The second-order valence-electron chi connectivity index (χ2n) is 4.61. The SMILES string of the molecule is CCCCC1(CCCC)C(=O)NC(=O)[NH+]=C1N. The first-order chi connectivity index (χ1) is 8.06. The minimum Gasteiger partial charge on any atom is -0.321 e. The maximum absolute atomic E-state index is 12.1. The third kappa shape index (κ3) is 2.84. The highest BCUT2D eigenvalue weighted by Gasteiger charge is 2.49. The fourth-order valence-electron chi connectivity index (χ4n) is 2.20. The molecule has 1 aliphatic heterocycles. The third-order valence-electron chi connectivity index (χ3n) is 3.34. The van der Waals surface area contributed by atoms with E-state index in [2.05, 4.69) is 24.2 Å². The Hall–Kier alpha value is -1.39. The van der Waals surface area contributed by atoms with Gasteiger partial charge in [-0.05, 0) is 12.8 Å². The van der Waals surface area contributed by atoms with Gasteiger partial charge >= 0.3 is 6.03 Å². The van der Waals surface area contributed by atoms with Crippen molar-refractivity contribution in [3.63, 3.8) is 0 Å². The fraction of sp³-hybridized carbons (Fsp3) is 0.750. The zero-order valence-electron chi connectivity index (χ0n) is 10.6. The third-order valence-corrected chi connectivity index (χ3v) is 3.34. The van der Waals surface area contributed by atoms with Gasteiger partial charge in [0.2, 0.25) is 5.84 Å². The first-order valence-electron chi connectivity index (χ1n) is 6.32. The number of urea groups is 1. The predicted octanol–water partition coefficient (Wildman–Crippen LogP) is 0.0408. The summed E-state index contributed by atoms with van der Waals surface area (Å²) in [4.78, 5) is 25.8. The average Bonchev–Trinajstić information content (AvgIpc) is 2.27. The number of unbranched alkanes of at least 4 members (excludes halogenated alkanes) is 2. The molecule has 0 unspecified atom stereocenters. The molecule has 0 atom stereocenters. The van der Waals surface area contributed by atoms with Gasteiger partial charge in [-0.2, -0.15) is 0 Å². The molecule has 0 aromatic carbocycles. The van der Waals surface area contributed by atoms with Crippen molar-refractivity contribution in [2.24, 2.45) is 11.1 Å². The molecular formula is C12H22N3O2+. The van der Waals surface area contributed by atoms with Crippen molar-refractivity contribution in [2.75, 3.05) is 0 Å². The van der Waals surface area contributed by atoms with Crippen molar-refractivity contribution in [1.82, 2.24) is 5.32 Å². The lowest BCUT2D eigenvalue weighted by Gasteiger charge is -2.29. The molecule has 0 spiro atoms. The standard InChI is InChI=1S/C12H21N3O2/c1-3-5-7-12(8-6-4-2)9(13)14-11(17)15-10(12)16/h3-8H2,1-2H3,(H3,13,14,15,16,17)/p+1. The number of imide groups is 1. The summed E-state index contributed by atoms with van der Waals surface area (Å²) >= 11 is 0.